The fourth-order valence-electron chi connectivity index (χ4n) is 2.24. The van der Waals surface area contributed by atoms with Crippen LogP contribution in [-0.2, 0) is 11.2 Å². The Morgan fingerprint density at radius 2 is 1.76 bits per heavy atom. The number of carboxylic acids is 1. The van der Waals surface area contributed by atoms with Crippen LogP contribution in [0, 0.1) is 0 Å². The predicted molar refractivity (Wildman–Crippen MR) is 82.8 cm³/mol. The third-order valence-corrected chi connectivity index (χ3v) is 3.40. The normalized spacial score (nSPS) is 13.2. The van der Waals surface area contributed by atoms with Crippen LogP contribution in [0.1, 0.15) is 12.5 Å². The summed E-state index contributed by atoms with van der Waals surface area (Å²) < 4.78 is 5.30. The SMILES string of the molecule is COc1ccccc1CC(C)(Nc1ccccc1)C(=O)O. The first-order valence-corrected chi connectivity index (χ1v) is 6.74. The van der Waals surface area contributed by atoms with Crippen molar-refractivity contribution in [1.82, 2.24) is 0 Å². The van der Waals surface area contributed by atoms with Gasteiger partial charge in [0.05, 0.1) is 7.11 Å². The van der Waals surface area contributed by atoms with Crippen LogP contribution in [0.25, 0.3) is 0 Å². The Bertz CT molecular complexity index is 612. The van der Waals surface area contributed by atoms with E-state index in [1.165, 1.54) is 0 Å². The quantitative estimate of drug-likeness (QED) is 0.855. The van der Waals surface area contributed by atoms with Gasteiger partial charge >= 0.3 is 5.97 Å². The van der Waals surface area contributed by atoms with E-state index in [1.807, 2.05) is 54.6 Å². The van der Waals surface area contributed by atoms with Gasteiger partial charge in [-0.25, -0.2) is 4.79 Å². The molecule has 2 rings (SSSR count). The molecule has 0 aliphatic rings. The first-order chi connectivity index (χ1) is 10.0. The fraction of sp³-hybridized carbons (Fsp3) is 0.235. The molecule has 0 spiro atoms. The second kappa shape index (κ2) is 6.31. The topological polar surface area (TPSA) is 58.6 Å². The van der Waals surface area contributed by atoms with Crippen molar-refractivity contribution in [2.45, 2.75) is 18.9 Å². The van der Waals surface area contributed by atoms with E-state index >= 15 is 0 Å². The van der Waals surface area contributed by atoms with Gasteiger partial charge in [0.2, 0.25) is 0 Å². The number of anilines is 1. The lowest BCUT2D eigenvalue weighted by Gasteiger charge is -2.28. The van der Waals surface area contributed by atoms with Gasteiger partial charge in [0.15, 0.2) is 0 Å². The number of nitrogens with one attached hydrogen (secondary N) is 1. The summed E-state index contributed by atoms with van der Waals surface area (Å²) in [6.07, 6.45) is 0.321. The van der Waals surface area contributed by atoms with E-state index in [4.69, 9.17) is 4.74 Å². The van der Waals surface area contributed by atoms with Gasteiger partial charge in [-0.15, -0.1) is 0 Å². The van der Waals surface area contributed by atoms with Crippen LogP contribution in [0.5, 0.6) is 5.75 Å². The number of aliphatic carboxylic acids is 1. The van der Waals surface area contributed by atoms with E-state index in [-0.39, 0.29) is 0 Å². The molecular weight excluding hydrogens is 266 g/mol. The summed E-state index contributed by atoms with van der Waals surface area (Å²) in [5.74, 6) is -0.211. The Labute approximate surface area is 124 Å². The maximum Gasteiger partial charge on any atom is 0.329 e. The van der Waals surface area contributed by atoms with E-state index in [0.29, 0.717) is 12.2 Å². The number of hydrogen-bond donors (Lipinski definition) is 2. The maximum absolute atomic E-state index is 11.7. The van der Waals surface area contributed by atoms with Crippen molar-refractivity contribution in [3.05, 3.63) is 60.2 Å². The van der Waals surface area contributed by atoms with E-state index < -0.39 is 11.5 Å². The molecule has 0 heterocycles. The monoisotopic (exact) mass is 285 g/mol. The van der Waals surface area contributed by atoms with Gasteiger partial charge < -0.3 is 15.2 Å². The Balaban J connectivity index is 2.28. The lowest BCUT2D eigenvalue weighted by Crippen LogP contribution is -2.45. The highest BCUT2D eigenvalue weighted by molar-refractivity contribution is 5.82. The Kier molecular flexibility index (Phi) is 4.48. The maximum atomic E-state index is 11.7. The molecule has 0 saturated heterocycles. The van der Waals surface area contributed by atoms with E-state index in [1.54, 1.807) is 14.0 Å². The highest BCUT2D eigenvalue weighted by atomic mass is 16.5. The van der Waals surface area contributed by atoms with Crippen molar-refractivity contribution in [2.24, 2.45) is 0 Å². The molecule has 0 aliphatic heterocycles. The molecule has 0 bridgehead atoms. The number of hydrogen-bond acceptors (Lipinski definition) is 3. The molecule has 1 atom stereocenters. The molecule has 0 fully saturated rings. The Hall–Kier alpha value is -2.49. The van der Waals surface area contributed by atoms with Gasteiger partial charge in [-0.05, 0) is 30.7 Å². The van der Waals surface area contributed by atoms with Crippen LogP contribution in [0.15, 0.2) is 54.6 Å². The second-order valence-corrected chi connectivity index (χ2v) is 5.12. The zero-order chi connectivity index (χ0) is 15.3. The number of benzene rings is 2. The van der Waals surface area contributed by atoms with E-state index in [9.17, 15) is 9.90 Å². The largest absolute Gasteiger partial charge is 0.496 e. The van der Waals surface area contributed by atoms with Crippen molar-refractivity contribution in [2.75, 3.05) is 12.4 Å². The molecular formula is C17H19NO3. The molecule has 0 amide bonds. The first-order valence-electron chi connectivity index (χ1n) is 6.74. The van der Waals surface area contributed by atoms with Crippen molar-refractivity contribution in [1.29, 1.82) is 0 Å². The number of carboxylic acid groups (broad SMARTS) is 1. The standard InChI is InChI=1S/C17H19NO3/c1-17(16(19)20,18-14-9-4-3-5-10-14)12-13-8-6-7-11-15(13)21-2/h3-11,18H,12H2,1-2H3,(H,19,20). The van der Waals surface area contributed by atoms with Crippen molar-refractivity contribution in [3.63, 3.8) is 0 Å². The van der Waals surface area contributed by atoms with Gasteiger partial charge in [0.1, 0.15) is 11.3 Å². The molecule has 2 N–H and O–H groups in total. The zero-order valence-electron chi connectivity index (χ0n) is 12.2. The van der Waals surface area contributed by atoms with Crippen LogP contribution in [0.4, 0.5) is 5.69 Å². The first kappa shape index (κ1) is 14.9. The lowest BCUT2D eigenvalue weighted by molar-refractivity contribution is -0.141. The molecule has 2 aromatic rings. The summed E-state index contributed by atoms with van der Waals surface area (Å²) in [5, 5.41) is 12.7. The molecule has 21 heavy (non-hydrogen) atoms. The molecule has 4 nitrogen and oxygen atoms in total. The molecule has 0 saturated carbocycles. The van der Waals surface area contributed by atoms with Crippen molar-refractivity contribution in [3.8, 4) is 5.75 Å². The van der Waals surface area contributed by atoms with Crippen LogP contribution < -0.4 is 10.1 Å². The highest BCUT2D eigenvalue weighted by Crippen LogP contribution is 2.26. The predicted octanol–water partition coefficient (Wildman–Crippen LogP) is 3.19. The van der Waals surface area contributed by atoms with E-state index in [2.05, 4.69) is 5.32 Å². The molecule has 0 aromatic heterocycles. The third kappa shape index (κ3) is 3.54. The van der Waals surface area contributed by atoms with Crippen molar-refractivity contribution >= 4 is 11.7 Å². The van der Waals surface area contributed by atoms with E-state index in [0.717, 1.165) is 11.3 Å². The molecule has 4 heteroatoms. The molecule has 110 valence electrons. The summed E-state index contributed by atoms with van der Waals surface area (Å²) in [5.41, 5.74) is 0.515. The molecule has 2 aromatic carbocycles. The Morgan fingerprint density at radius 3 is 2.38 bits per heavy atom. The number of carbonyl (C=O) groups is 1. The highest BCUT2D eigenvalue weighted by Gasteiger charge is 2.34. The summed E-state index contributed by atoms with van der Waals surface area (Å²) in [7, 11) is 1.58. The average Bonchev–Trinajstić information content (AvgIpc) is 2.48. The minimum absolute atomic E-state index is 0.321. The number of rotatable bonds is 6. The van der Waals surface area contributed by atoms with Crippen molar-refractivity contribution < 1.29 is 14.6 Å². The summed E-state index contributed by atoms with van der Waals surface area (Å²) in [6.45, 7) is 1.68. The summed E-state index contributed by atoms with van der Waals surface area (Å²) in [4.78, 5) is 11.7. The third-order valence-electron chi connectivity index (χ3n) is 3.40. The minimum atomic E-state index is -1.12. The number of ether oxygens (including phenoxy) is 1. The molecule has 1 unspecified atom stereocenters. The average molecular weight is 285 g/mol. The zero-order valence-corrected chi connectivity index (χ0v) is 12.2. The van der Waals surface area contributed by atoms with Crippen LogP contribution >= 0.6 is 0 Å². The van der Waals surface area contributed by atoms with Gasteiger partial charge in [-0.2, -0.15) is 0 Å². The fourth-order valence-corrected chi connectivity index (χ4v) is 2.24. The summed E-state index contributed by atoms with van der Waals surface area (Å²) in [6, 6.07) is 16.8. The van der Waals surface area contributed by atoms with Crippen LogP contribution in [-0.4, -0.2) is 23.7 Å². The number of para-hydroxylation sites is 2. The minimum Gasteiger partial charge on any atom is -0.496 e. The smallest absolute Gasteiger partial charge is 0.329 e. The van der Waals surface area contributed by atoms with Gasteiger partial charge in [0.25, 0.3) is 0 Å². The van der Waals surface area contributed by atoms with Crippen LogP contribution in [0.2, 0.25) is 0 Å². The number of methoxy groups -OCH3 is 1. The second-order valence-electron chi connectivity index (χ2n) is 5.12. The molecule has 0 radical (unpaired) electrons. The lowest BCUT2D eigenvalue weighted by atomic mass is 9.92. The van der Waals surface area contributed by atoms with Gasteiger partial charge in [-0.3, -0.25) is 0 Å². The summed E-state index contributed by atoms with van der Waals surface area (Å²) >= 11 is 0. The Morgan fingerprint density at radius 1 is 1.14 bits per heavy atom. The van der Waals surface area contributed by atoms with Crippen LogP contribution in [0.3, 0.4) is 0 Å². The van der Waals surface area contributed by atoms with Gasteiger partial charge in [0, 0.05) is 12.1 Å². The molecule has 0 aliphatic carbocycles. The van der Waals surface area contributed by atoms with Gasteiger partial charge in [-0.1, -0.05) is 36.4 Å².